The molecule has 0 heterocycles. The van der Waals surface area contributed by atoms with Crippen LogP contribution >= 0.6 is 11.6 Å². The van der Waals surface area contributed by atoms with Crippen LogP contribution in [-0.4, -0.2) is 11.6 Å². The molecule has 0 aromatic heterocycles. The van der Waals surface area contributed by atoms with Gasteiger partial charge in [0, 0.05) is 0 Å². The molecule has 0 rings (SSSR count). The Morgan fingerprint density at radius 1 is 1.10 bits per heavy atom. The van der Waals surface area contributed by atoms with Gasteiger partial charge in [-0.05, 0) is 18.5 Å². The second kappa shape index (κ2) is 2.53. The molecule has 0 bridgehead atoms. The largest absolute Gasteiger partial charge is 0.398 e. The normalized spacial score (nSPS) is 17.1. The molecular formula is C4H3ClF5. The van der Waals surface area contributed by atoms with Gasteiger partial charge in [-0.3, -0.25) is 0 Å². The Hall–Kier alpha value is -0.0600. The van der Waals surface area contributed by atoms with Crippen molar-refractivity contribution < 1.29 is 22.0 Å². The third-order valence-corrected chi connectivity index (χ3v) is 1.05. The van der Waals surface area contributed by atoms with Crippen molar-refractivity contribution in [1.29, 1.82) is 0 Å². The Morgan fingerprint density at radius 2 is 1.40 bits per heavy atom. The van der Waals surface area contributed by atoms with Crippen molar-refractivity contribution >= 4 is 11.6 Å². The smallest absolute Gasteiger partial charge is 0.188 e. The van der Waals surface area contributed by atoms with E-state index in [1.54, 1.807) is 0 Å². The van der Waals surface area contributed by atoms with Gasteiger partial charge in [0.1, 0.15) is 5.92 Å². The average Bonchev–Trinajstić information content (AvgIpc) is 1.59. The van der Waals surface area contributed by atoms with E-state index in [4.69, 9.17) is 0 Å². The van der Waals surface area contributed by atoms with E-state index in [0.717, 1.165) is 0 Å². The predicted molar refractivity (Wildman–Crippen MR) is 25.7 cm³/mol. The molecule has 10 heavy (non-hydrogen) atoms. The fourth-order valence-corrected chi connectivity index (χ4v) is 0.309. The fraction of sp³-hybridized carbons (Fsp3) is 0.750. The average molecular weight is 182 g/mol. The highest BCUT2D eigenvalue weighted by Gasteiger charge is 2.51. The molecule has 1 atom stereocenters. The van der Waals surface area contributed by atoms with Gasteiger partial charge in [0.05, 0.1) is 0 Å². The van der Waals surface area contributed by atoms with Crippen LogP contribution in [-0.2, 0) is 0 Å². The van der Waals surface area contributed by atoms with Crippen molar-refractivity contribution in [3.8, 4) is 0 Å². The molecule has 0 spiro atoms. The summed E-state index contributed by atoms with van der Waals surface area (Å²) in [4.78, 5) is 0. The van der Waals surface area contributed by atoms with E-state index in [2.05, 4.69) is 18.5 Å². The fourth-order valence-electron chi connectivity index (χ4n) is 0.186. The first-order valence-electron chi connectivity index (χ1n) is 2.12. The minimum atomic E-state index is -5.05. The van der Waals surface area contributed by atoms with Crippen molar-refractivity contribution in [2.45, 2.75) is 11.6 Å². The van der Waals surface area contributed by atoms with E-state index < -0.39 is 17.5 Å². The molecule has 0 amide bonds. The van der Waals surface area contributed by atoms with Gasteiger partial charge in [0.15, 0.2) is 0 Å². The Kier molecular flexibility index (Phi) is 2.51. The van der Waals surface area contributed by atoms with Crippen LogP contribution in [0, 0.1) is 12.8 Å². The van der Waals surface area contributed by atoms with Gasteiger partial charge in [0.25, 0.3) is 0 Å². The lowest BCUT2D eigenvalue weighted by atomic mass is 10.2. The summed E-state index contributed by atoms with van der Waals surface area (Å²) in [6.07, 6.45) is -5.05. The summed E-state index contributed by atoms with van der Waals surface area (Å²) in [6.45, 7) is 2.17. The lowest BCUT2D eigenvalue weighted by Gasteiger charge is -2.19. The van der Waals surface area contributed by atoms with Gasteiger partial charge in [-0.2, -0.15) is 22.0 Å². The van der Waals surface area contributed by atoms with E-state index in [0.29, 0.717) is 0 Å². The Balaban J connectivity index is 4.23. The molecule has 0 saturated carbocycles. The molecule has 0 aliphatic carbocycles. The van der Waals surface area contributed by atoms with Crippen LogP contribution in [0.1, 0.15) is 0 Å². The van der Waals surface area contributed by atoms with Gasteiger partial charge < -0.3 is 0 Å². The lowest BCUT2D eigenvalue weighted by Crippen LogP contribution is -2.33. The van der Waals surface area contributed by atoms with Crippen LogP contribution < -0.4 is 0 Å². The second-order valence-corrected chi connectivity index (χ2v) is 2.14. The summed E-state index contributed by atoms with van der Waals surface area (Å²) in [7, 11) is 0. The molecule has 0 aliphatic rings. The summed E-state index contributed by atoms with van der Waals surface area (Å²) in [6, 6.07) is 0. The zero-order chi connectivity index (χ0) is 8.58. The van der Waals surface area contributed by atoms with Crippen LogP contribution in [0.3, 0.4) is 0 Å². The third kappa shape index (κ3) is 2.68. The zero-order valence-corrected chi connectivity index (χ0v) is 5.31. The Bertz CT molecular complexity index is 97.8. The maximum Gasteiger partial charge on any atom is 0.398 e. The lowest BCUT2D eigenvalue weighted by molar-refractivity contribution is -0.202. The Labute approximate surface area is 59.0 Å². The number of hydrogen-bond donors (Lipinski definition) is 0. The van der Waals surface area contributed by atoms with Crippen molar-refractivity contribution in [2.24, 2.45) is 5.92 Å². The highest BCUT2D eigenvalue weighted by atomic mass is 35.5. The third-order valence-electron chi connectivity index (χ3n) is 0.790. The minimum absolute atomic E-state index is 2.17. The first-order chi connectivity index (χ1) is 4.15. The summed E-state index contributed by atoms with van der Waals surface area (Å²) in [5, 5.41) is -4.32. The molecule has 1 radical (unpaired) electrons. The topological polar surface area (TPSA) is 0 Å². The summed E-state index contributed by atoms with van der Waals surface area (Å²) < 4.78 is 57.1. The molecule has 0 nitrogen and oxygen atoms in total. The zero-order valence-electron chi connectivity index (χ0n) is 4.55. The molecule has 0 aromatic carbocycles. The van der Waals surface area contributed by atoms with E-state index >= 15 is 0 Å². The summed E-state index contributed by atoms with van der Waals surface area (Å²) >= 11 is 4.05. The SMILES string of the molecule is [CH2]C(C(F)(F)F)C(F)(F)Cl. The minimum Gasteiger partial charge on any atom is -0.188 e. The summed E-state index contributed by atoms with van der Waals surface area (Å²) in [5.74, 6) is -3.05. The van der Waals surface area contributed by atoms with E-state index in [1.807, 2.05) is 0 Å². The van der Waals surface area contributed by atoms with Crippen molar-refractivity contribution in [3.63, 3.8) is 0 Å². The van der Waals surface area contributed by atoms with Gasteiger partial charge in [-0.1, -0.05) is 0 Å². The summed E-state index contributed by atoms with van der Waals surface area (Å²) in [5.41, 5.74) is 0. The number of rotatable bonds is 1. The first-order valence-corrected chi connectivity index (χ1v) is 2.50. The Morgan fingerprint density at radius 3 is 1.40 bits per heavy atom. The van der Waals surface area contributed by atoms with Crippen molar-refractivity contribution in [3.05, 3.63) is 6.92 Å². The number of halogens is 6. The molecule has 0 saturated heterocycles. The van der Waals surface area contributed by atoms with E-state index in [-0.39, 0.29) is 0 Å². The molecule has 0 aromatic rings. The number of hydrogen-bond acceptors (Lipinski definition) is 0. The van der Waals surface area contributed by atoms with Gasteiger partial charge in [-0.25, -0.2) is 0 Å². The van der Waals surface area contributed by atoms with Crippen LogP contribution in [0.25, 0.3) is 0 Å². The molecule has 1 unspecified atom stereocenters. The van der Waals surface area contributed by atoms with Crippen LogP contribution in [0.4, 0.5) is 22.0 Å². The van der Waals surface area contributed by atoms with Gasteiger partial charge >= 0.3 is 11.6 Å². The van der Waals surface area contributed by atoms with Crippen molar-refractivity contribution in [2.75, 3.05) is 0 Å². The van der Waals surface area contributed by atoms with Crippen LogP contribution in [0.2, 0.25) is 0 Å². The predicted octanol–water partition coefficient (Wildman–Crippen LogP) is 2.83. The van der Waals surface area contributed by atoms with Crippen LogP contribution in [0.5, 0.6) is 0 Å². The van der Waals surface area contributed by atoms with E-state index in [1.165, 1.54) is 0 Å². The number of alkyl halides is 6. The quantitative estimate of drug-likeness (QED) is 0.431. The van der Waals surface area contributed by atoms with Gasteiger partial charge in [-0.15, -0.1) is 0 Å². The molecular weight excluding hydrogens is 178 g/mol. The highest BCUT2D eigenvalue weighted by molar-refractivity contribution is 6.21. The van der Waals surface area contributed by atoms with Crippen LogP contribution in [0.15, 0.2) is 0 Å². The molecule has 0 fully saturated rings. The second-order valence-electron chi connectivity index (χ2n) is 1.64. The first kappa shape index (κ1) is 9.94. The highest BCUT2D eigenvalue weighted by Crippen LogP contribution is 2.39. The van der Waals surface area contributed by atoms with E-state index in [9.17, 15) is 22.0 Å². The standard InChI is InChI=1S/C4H3ClF5/c1-2(3(5,6)7)4(8,9)10/h2H,1H2. The molecule has 0 N–H and O–H groups in total. The van der Waals surface area contributed by atoms with Crippen molar-refractivity contribution in [1.82, 2.24) is 0 Å². The molecule has 0 aliphatic heterocycles. The van der Waals surface area contributed by atoms with Gasteiger partial charge in [0.2, 0.25) is 0 Å². The maximum atomic E-state index is 11.6. The molecule has 61 valence electrons. The molecule has 6 heteroatoms. The maximum absolute atomic E-state index is 11.6. The monoisotopic (exact) mass is 181 g/mol.